The Morgan fingerprint density at radius 1 is 1.26 bits per heavy atom. The molecule has 1 aliphatic heterocycles. The SMILES string of the molecule is Cl.NCC1CCN(Cc2ccc([N+](=O)[O-])cc2)CC1. The van der Waals surface area contributed by atoms with Crippen molar-refractivity contribution >= 4 is 18.1 Å². The Balaban J connectivity index is 0.00000180. The maximum atomic E-state index is 10.6. The minimum atomic E-state index is -0.365. The van der Waals surface area contributed by atoms with E-state index in [0.29, 0.717) is 5.92 Å². The van der Waals surface area contributed by atoms with Crippen molar-refractivity contribution in [3.05, 3.63) is 39.9 Å². The van der Waals surface area contributed by atoms with E-state index in [1.165, 1.54) is 0 Å². The molecule has 6 heteroatoms. The predicted octanol–water partition coefficient (Wildman–Crippen LogP) is 2.19. The molecule has 0 unspecified atom stereocenters. The Bertz CT molecular complexity index is 403. The van der Waals surface area contributed by atoms with Gasteiger partial charge in [0.25, 0.3) is 5.69 Å². The van der Waals surface area contributed by atoms with Crippen molar-refractivity contribution in [2.24, 2.45) is 11.7 Å². The molecule has 1 aliphatic rings. The van der Waals surface area contributed by atoms with Crippen LogP contribution >= 0.6 is 12.4 Å². The van der Waals surface area contributed by atoms with Gasteiger partial charge in [-0.1, -0.05) is 12.1 Å². The number of hydrogen-bond donors (Lipinski definition) is 1. The summed E-state index contributed by atoms with van der Waals surface area (Å²) in [5, 5.41) is 10.6. The second-order valence-electron chi connectivity index (χ2n) is 4.88. The number of nitrogens with two attached hydrogens (primary N) is 1. The number of nitro groups is 1. The van der Waals surface area contributed by atoms with Crippen LogP contribution in [-0.2, 0) is 6.54 Å². The lowest BCUT2D eigenvalue weighted by Crippen LogP contribution is -2.35. The molecule has 0 saturated carbocycles. The van der Waals surface area contributed by atoms with Crippen LogP contribution in [0.2, 0.25) is 0 Å². The summed E-state index contributed by atoms with van der Waals surface area (Å²) in [6, 6.07) is 6.82. The Labute approximate surface area is 119 Å². The number of nitrogens with zero attached hydrogens (tertiary/aromatic N) is 2. The Morgan fingerprint density at radius 3 is 2.32 bits per heavy atom. The number of nitro benzene ring substituents is 1. The van der Waals surface area contributed by atoms with Gasteiger partial charge < -0.3 is 5.73 Å². The maximum Gasteiger partial charge on any atom is 0.269 e. The van der Waals surface area contributed by atoms with E-state index in [1.807, 2.05) is 12.1 Å². The van der Waals surface area contributed by atoms with Gasteiger partial charge in [-0.2, -0.15) is 0 Å². The molecule has 0 radical (unpaired) electrons. The standard InChI is InChI=1S/C13H19N3O2.ClH/c14-9-11-5-7-15(8-6-11)10-12-1-3-13(4-2-12)16(17)18;/h1-4,11H,5-10,14H2;1H. The summed E-state index contributed by atoms with van der Waals surface area (Å²) in [7, 11) is 0. The number of benzene rings is 1. The molecule has 5 nitrogen and oxygen atoms in total. The van der Waals surface area contributed by atoms with E-state index in [0.717, 1.165) is 44.6 Å². The third-order valence-corrected chi connectivity index (χ3v) is 3.59. The lowest BCUT2D eigenvalue weighted by atomic mass is 9.97. The Morgan fingerprint density at radius 2 is 1.84 bits per heavy atom. The molecule has 19 heavy (non-hydrogen) atoms. The first-order chi connectivity index (χ1) is 8.69. The number of halogens is 1. The highest BCUT2D eigenvalue weighted by atomic mass is 35.5. The lowest BCUT2D eigenvalue weighted by molar-refractivity contribution is -0.384. The fraction of sp³-hybridized carbons (Fsp3) is 0.538. The van der Waals surface area contributed by atoms with Gasteiger partial charge in [0.05, 0.1) is 4.92 Å². The molecule has 0 bridgehead atoms. The molecular weight excluding hydrogens is 266 g/mol. The summed E-state index contributed by atoms with van der Waals surface area (Å²) in [6.07, 6.45) is 2.31. The van der Waals surface area contributed by atoms with E-state index in [4.69, 9.17) is 5.73 Å². The molecule has 1 aromatic rings. The zero-order chi connectivity index (χ0) is 13.0. The van der Waals surface area contributed by atoms with Crippen molar-refractivity contribution in [1.82, 2.24) is 4.90 Å². The van der Waals surface area contributed by atoms with Crippen molar-refractivity contribution in [3.8, 4) is 0 Å². The smallest absolute Gasteiger partial charge is 0.269 e. The highest BCUT2D eigenvalue weighted by Crippen LogP contribution is 2.19. The van der Waals surface area contributed by atoms with Crippen LogP contribution in [0.15, 0.2) is 24.3 Å². The highest BCUT2D eigenvalue weighted by molar-refractivity contribution is 5.85. The average molecular weight is 286 g/mol. The van der Waals surface area contributed by atoms with Crippen molar-refractivity contribution in [2.75, 3.05) is 19.6 Å². The number of likely N-dealkylation sites (tertiary alicyclic amines) is 1. The second-order valence-corrected chi connectivity index (χ2v) is 4.88. The fourth-order valence-corrected chi connectivity index (χ4v) is 2.36. The number of piperidine rings is 1. The molecule has 106 valence electrons. The minimum Gasteiger partial charge on any atom is -0.330 e. The summed E-state index contributed by atoms with van der Waals surface area (Å²) >= 11 is 0. The molecule has 0 spiro atoms. The summed E-state index contributed by atoms with van der Waals surface area (Å²) in [5.41, 5.74) is 6.95. The highest BCUT2D eigenvalue weighted by Gasteiger charge is 2.18. The summed E-state index contributed by atoms with van der Waals surface area (Å²) < 4.78 is 0. The van der Waals surface area contributed by atoms with Crippen molar-refractivity contribution in [3.63, 3.8) is 0 Å². The van der Waals surface area contributed by atoms with Gasteiger partial charge in [-0.05, 0) is 44.0 Å². The molecular formula is C13H20ClN3O2. The van der Waals surface area contributed by atoms with Gasteiger partial charge in [0.2, 0.25) is 0 Å². The second kappa shape index (κ2) is 7.43. The monoisotopic (exact) mass is 285 g/mol. The van der Waals surface area contributed by atoms with Crippen LogP contribution in [0, 0.1) is 16.0 Å². The normalized spacial score (nSPS) is 16.9. The van der Waals surface area contributed by atoms with Gasteiger partial charge in [-0.3, -0.25) is 15.0 Å². The zero-order valence-corrected chi connectivity index (χ0v) is 11.6. The Hall–Kier alpha value is -1.17. The minimum absolute atomic E-state index is 0. The average Bonchev–Trinajstić information content (AvgIpc) is 2.40. The molecule has 0 aliphatic carbocycles. The first-order valence-electron chi connectivity index (χ1n) is 6.35. The van der Waals surface area contributed by atoms with Gasteiger partial charge >= 0.3 is 0 Å². The number of rotatable bonds is 4. The first-order valence-corrected chi connectivity index (χ1v) is 6.35. The van der Waals surface area contributed by atoms with Crippen LogP contribution in [0.3, 0.4) is 0 Å². The first kappa shape index (κ1) is 15.9. The molecule has 0 amide bonds. The summed E-state index contributed by atoms with van der Waals surface area (Å²) in [4.78, 5) is 12.6. The van der Waals surface area contributed by atoms with Gasteiger partial charge in [0, 0.05) is 18.7 Å². The molecule has 1 heterocycles. The molecule has 0 aromatic heterocycles. The predicted molar refractivity (Wildman–Crippen MR) is 77.4 cm³/mol. The lowest BCUT2D eigenvalue weighted by Gasteiger charge is -2.31. The van der Waals surface area contributed by atoms with E-state index in [9.17, 15) is 10.1 Å². The third-order valence-electron chi connectivity index (χ3n) is 3.59. The van der Waals surface area contributed by atoms with E-state index in [2.05, 4.69) is 4.90 Å². The maximum absolute atomic E-state index is 10.6. The van der Waals surface area contributed by atoms with E-state index < -0.39 is 0 Å². The number of non-ortho nitro benzene ring substituents is 1. The fourth-order valence-electron chi connectivity index (χ4n) is 2.36. The van der Waals surface area contributed by atoms with Crippen LogP contribution in [0.5, 0.6) is 0 Å². The molecule has 2 rings (SSSR count). The number of hydrogen-bond acceptors (Lipinski definition) is 4. The van der Waals surface area contributed by atoms with E-state index in [-0.39, 0.29) is 23.0 Å². The van der Waals surface area contributed by atoms with Crippen LogP contribution in [0.4, 0.5) is 5.69 Å². The molecule has 1 saturated heterocycles. The van der Waals surface area contributed by atoms with Gasteiger partial charge in [-0.15, -0.1) is 12.4 Å². The van der Waals surface area contributed by atoms with Gasteiger partial charge in [0.1, 0.15) is 0 Å². The van der Waals surface area contributed by atoms with Crippen molar-refractivity contribution in [2.45, 2.75) is 19.4 Å². The van der Waals surface area contributed by atoms with Gasteiger partial charge in [-0.25, -0.2) is 0 Å². The molecule has 1 aromatic carbocycles. The summed E-state index contributed by atoms with van der Waals surface area (Å²) in [6.45, 7) is 3.79. The van der Waals surface area contributed by atoms with Crippen LogP contribution in [0.1, 0.15) is 18.4 Å². The third kappa shape index (κ3) is 4.45. The molecule has 0 atom stereocenters. The summed E-state index contributed by atoms with van der Waals surface area (Å²) in [5.74, 6) is 0.665. The van der Waals surface area contributed by atoms with Gasteiger partial charge in [0.15, 0.2) is 0 Å². The van der Waals surface area contributed by atoms with E-state index >= 15 is 0 Å². The van der Waals surface area contributed by atoms with Crippen molar-refractivity contribution in [1.29, 1.82) is 0 Å². The quantitative estimate of drug-likeness (QED) is 0.680. The van der Waals surface area contributed by atoms with Crippen LogP contribution in [-0.4, -0.2) is 29.5 Å². The topological polar surface area (TPSA) is 72.4 Å². The Kier molecular flexibility index (Phi) is 6.21. The molecule has 1 fully saturated rings. The van der Waals surface area contributed by atoms with Crippen molar-refractivity contribution < 1.29 is 4.92 Å². The largest absolute Gasteiger partial charge is 0.330 e. The van der Waals surface area contributed by atoms with Crippen LogP contribution < -0.4 is 5.73 Å². The zero-order valence-electron chi connectivity index (χ0n) is 10.8. The van der Waals surface area contributed by atoms with Crippen LogP contribution in [0.25, 0.3) is 0 Å². The van der Waals surface area contributed by atoms with E-state index in [1.54, 1.807) is 12.1 Å². The molecule has 2 N–H and O–H groups in total.